The molecule has 0 spiro atoms. The molecular weight excluding hydrogens is 276 g/mol. The fourth-order valence-electron chi connectivity index (χ4n) is 1.99. The second-order valence-corrected chi connectivity index (χ2v) is 9.20. The monoisotopic (exact) mass is 298 g/mol. The molecule has 0 radical (unpaired) electrons. The van der Waals surface area contributed by atoms with Crippen LogP contribution in [0.5, 0.6) is 0 Å². The summed E-state index contributed by atoms with van der Waals surface area (Å²) in [6.45, 7) is 1.71. The Labute approximate surface area is 110 Å². The summed E-state index contributed by atoms with van der Waals surface area (Å²) in [6, 6.07) is -0.0236. The van der Waals surface area contributed by atoms with Gasteiger partial charge in [-0.1, -0.05) is 0 Å². The van der Waals surface area contributed by atoms with E-state index in [1.807, 2.05) is 0 Å². The molecule has 0 amide bonds. The van der Waals surface area contributed by atoms with Crippen LogP contribution in [0.3, 0.4) is 0 Å². The maximum atomic E-state index is 12.0. The smallest absolute Gasteiger partial charge is 0.215 e. The van der Waals surface area contributed by atoms with Gasteiger partial charge in [0.25, 0.3) is 0 Å². The number of hydrogen-bond donors (Lipinski definition) is 1. The Morgan fingerprint density at radius 1 is 1.11 bits per heavy atom. The molecule has 108 valence electrons. The van der Waals surface area contributed by atoms with Gasteiger partial charge >= 0.3 is 0 Å². The quantitative estimate of drug-likeness (QED) is 0.735. The van der Waals surface area contributed by atoms with Crippen molar-refractivity contribution in [3.8, 4) is 0 Å². The van der Waals surface area contributed by atoms with E-state index in [0.29, 0.717) is 0 Å². The molecule has 18 heavy (non-hydrogen) atoms. The van der Waals surface area contributed by atoms with Crippen LogP contribution in [0.4, 0.5) is 0 Å². The molecule has 8 heteroatoms. The standard InChI is InChI=1S/C10H22N2O4S2/c1-12(10-4-3-6-11-7-5-10)18(15,16)9-8-17(2,13)14/h10-11H,3-9H2,1-2H3. The SMILES string of the molecule is CN(C1CCCNCC1)S(=O)(=O)CCS(C)(=O)=O. The zero-order valence-electron chi connectivity index (χ0n) is 10.9. The Hall–Kier alpha value is -0.180. The van der Waals surface area contributed by atoms with Gasteiger partial charge in [-0.2, -0.15) is 0 Å². The van der Waals surface area contributed by atoms with E-state index >= 15 is 0 Å². The van der Waals surface area contributed by atoms with Crippen molar-refractivity contribution in [1.82, 2.24) is 9.62 Å². The summed E-state index contributed by atoms with van der Waals surface area (Å²) in [5.41, 5.74) is 0. The zero-order valence-corrected chi connectivity index (χ0v) is 12.6. The second kappa shape index (κ2) is 6.31. The highest BCUT2D eigenvalue weighted by atomic mass is 32.2. The molecule has 1 fully saturated rings. The number of rotatable bonds is 5. The van der Waals surface area contributed by atoms with E-state index in [0.717, 1.165) is 38.6 Å². The molecule has 1 aliphatic rings. The van der Waals surface area contributed by atoms with Gasteiger partial charge in [0.15, 0.2) is 0 Å². The van der Waals surface area contributed by atoms with Crippen LogP contribution in [-0.4, -0.2) is 65.1 Å². The molecule has 1 saturated heterocycles. The number of nitrogens with one attached hydrogen (secondary N) is 1. The summed E-state index contributed by atoms with van der Waals surface area (Å²) in [6.07, 6.45) is 3.59. The molecule has 0 bridgehead atoms. The highest BCUT2D eigenvalue weighted by Crippen LogP contribution is 2.15. The lowest BCUT2D eigenvalue weighted by Crippen LogP contribution is -2.40. The molecule has 1 aliphatic heterocycles. The van der Waals surface area contributed by atoms with Crippen LogP contribution in [0.1, 0.15) is 19.3 Å². The van der Waals surface area contributed by atoms with Crippen LogP contribution in [0.15, 0.2) is 0 Å². The highest BCUT2D eigenvalue weighted by Gasteiger charge is 2.27. The van der Waals surface area contributed by atoms with Crippen LogP contribution in [0.25, 0.3) is 0 Å². The zero-order chi connectivity index (χ0) is 13.8. The first-order valence-corrected chi connectivity index (χ1v) is 9.73. The van der Waals surface area contributed by atoms with Crippen molar-refractivity contribution in [3.05, 3.63) is 0 Å². The van der Waals surface area contributed by atoms with E-state index in [-0.39, 0.29) is 17.5 Å². The normalized spacial score (nSPS) is 22.9. The molecule has 0 aromatic heterocycles. The summed E-state index contributed by atoms with van der Waals surface area (Å²) in [5.74, 6) is -0.642. The van der Waals surface area contributed by atoms with E-state index < -0.39 is 19.9 Å². The van der Waals surface area contributed by atoms with Gasteiger partial charge in [0, 0.05) is 19.3 Å². The fraction of sp³-hybridized carbons (Fsp3) is 1.00. The number of sulfonamides is 1. The van der Waals surface area contributed by atoms with Crippen LogP contribution < -0.4 is 5.32 Å². The molecule has 6 nitrogen and oxygen atoms in total. The van der Waals surface area contributed by atoms with E-state index in [4.69, 9.17) is 0 Å². The Balaban J connectivity index is 2.65. The predicted molar refractivity (Wildman–Crippen MR) is 71.8 cm³/mol. The maximum Gasteiger partial charge on any atom is 0.215 e. The summed E-state index contributed by atoms with van der Waals surface area (Å²) in [7, 11) is -5.18. The summed E-state index contributed by atoms with van der Waals surface area (Å²) in [5, 5.41) is 3.22. The number of hydrogen-bond acceptors (Lipinski definition) is 5. The lowest BCUT2D eigenvalue weighted by Gasteiger charge is -2.26. The average molecular weight is 298 g/mol. The molecule has 0 saturated carbocycles. The first-order chi connectivity index (χ1) is 8.22. The maximum absolute atomic E-state index is 12.0. The number of sulfone groups is 1. The highest BCUT2D eigenvalue weighted by molar-refractivity contribution is 7.93. The lowest BCUT2D eigenvalue weighted by molar-refractivity contribution is 0.342. The van der Waals surface area contributed by atoms with Gasteiger partial charge in [-0.3, -0.25) is 0 Å². The minimum atomic E-state index is -3.48. The Kier molecular flexibility index (Phi) is 5.57. The van der Waals surface area contributed by atoms with Crippen LogP contribution >= 0.6 is 0 Å². The van der Waals surface area contributed by atoms with Crippen molar-refractivity contribution in [1.29, 1.82) is 0 Å². The van der Waals surface area contributed by atoms with Crippen molar-refractivity contribution in [2.45, 2.75) is 25.3 Å². The first kappa shape index (κ1) is 15.9. The molecule has 0 aromatic rings. The van der Waals surface area contributed by atoms with E-state index in [9.17, 15) is 16.8 Å². The van der Waals surface area contributed by atoms with E-state index in [1.165, 1.54) is 4.31 Å². The topological polar surface area (TPSA) is 83.6 Å². The Morgan fingerprint density at radius 3 is 2.39 bits per heavy atom. The number of nitrogens with zero attached hydrogens (tertiary/aromatic N) is 1. The third kappa shape index (κ3) is 5.21. The minimum absolute atomic E-state index is 0.0236. The van der Waals surface area contributed by atoms with E-state index in [2.05, 4.69) is 5.32 Å². The summed E-state index contributed by atoms with van der Waals surface area (Å²) in [4.78, 5) is 0. The fourth-order valence-corrected chi connectivity index (χ4v) is 5.00. The molecule has 1 N–H and O–H groups in total. The molecule has 1 heterocycles. The van der Waals surface area contributed by atoms with Gasteiger partial charge in [-0.25, -0.2) is 21.1 Å². The summed E-state index contributed by atoms with van der Waals surface area (Å²) >= 11 is 0. The third-order valence-electron chi connectivity index (χ3n) is 3.21. The van der Waals surface area contributed by atoms with Crippen molar-refractivity contribution >= 4 is 19.9 Å². The van der Waals surface area contributed by atoms with Gasteiger partial charge < -0.3 is 5.32 Å². The molecule has 1 rings (SSSR count). The molecule has 1 unspecified atom stereocenters. The van der Waals surface area contributed by atoms with Crippen molar-refractivity contribution in [2.24, 2.45) is 0 Å². The van der Waals surface area contributed by atoms with E-state index in [1.54, 1.807) is 7.05 Å². The van der Waals surface area contributed by atoms with Gasteiger partial charge in [-0.05, 0) is 32.4 Å². The van der Waals surface area contributed by atoms with Crippen molar-refractivity contribution in [2.75, 3.05) is 37.9 Å². The van der Waals surface area contributed by atoms with Crippen molar-refractivity contribution < 1.29 is 16.8 Å². The molecular formula is C10H22N2O4S2. The van der Waals surface area contributed by atoms with Gasteiger partial charge in [0.2, 0.25) is 10.0 Å². The molecule has 0 aromatic carbocycles. The largest absolute Gasteiger partial charge is 0.317 e. The van der Waals surface area contributed by atoms with Crippen LogP contribution in [-0.2, 0) is 19.9 Å². The van der Waals surface area contributed by atoms with Crippen LogP contribution in [0.2, 0.25) is 0 Å². The summed E-state index contributed by atoms with van der Waals surface area (Å²) < 4.78 is 47.5. The molecule has 0 aliphatic carbocycles. The Bertz CT molecular complexity index is 450. The lowest BCUT2D eigenvalue weighted by atomic mass is 10.1. The average Bonchev–Trinajstić information content (AvgIpc) is 2.53. The van der Waals surface area contributed by atoms with Crippen molar-refractivity contribution in [3.63, 3.8) is 0 Å². The van der Waals surface area contributed by atoms with Gasteiger partial charge in [0.1, 0.15) is 9.84 Å². The van der Waals surface area contributed by atoms with Crippen LogP contribution in [0, 0.1) is 0 Å². The minimum Gasteiger partial charge on any atom is -0.317 e. The third-order valence-corrected chi connectivity index (χ3v) is 6.31. The molecule has 1 atom stereocenters. The second-order valence-electron chi connectivity index (χ2n) is 4.80. The Morgan fingerprint density at radius 2 is 1.78 bits per heavy atom. The van der Waals surface area contributed by atoms with Gasteiger partial charge in [0.05, 0.1) is 11.5 Å². The van der Waals surface area contributed by atoms with Gasteiger partial charge in [-0.15, -0.1) is 0 Å². The first-order valence-electron chi connectivity index (χ1n) is 6.06. The predicted octanol–water partition coefficient (Wildman–Crippen LogP) is -0.565.